The SMILES string of the molecule is Cc1cccc2sc(N3CCN(C(=O)[C@H]4CCCN4S(=O)(=O)c4cccs4)CC3)nc12. The number of carbonyl (C=O) groups is 1. The molecule has 5 rings (SSSR count). The summed E-state index contributed by atoms with van der Waals surface area (Å²) in [6, 6.07) is 8.95. The highest BCUT2D eigenvalue weighted by Gasteiger charge is 2.42. The number of fused-ring (bicyclic) bond motifs is 1. The number of hydrogen-bond acceptors (Lipinski definition) is 7. The van der Waals surface area contributed by atoms with E-state index in [4.69, 9.17) is 4.98 Å². The maximum absolute atomic E-state index is 13.2. The van der Waals surface area contributed by atoms with E-state index in [0.717, 1.165) is 10.6 Å². The smallest absolute Gasteiger partial charge is 0.253 e. The van der Waals surface area contributed by atoms with Crippen molar-refractivity contribution in [2.45, 2.75) is 30.0 Å². The van der Waals surface area contributed by atoms with Crippen molar-refractivity contribution in [3.8, 4) is 0 Å². The Balaban J connectivity index is 1.28. The molecular weight excluding hydrogens is 452 g/mol. The Bertz CT molecular complexity index is 1200. The summed E-state index contributed by atoms with van der Waals surface area (Å²) in [5.74, 6) is -0.0718. The number of piperazine rings is 1. The molecule has 1 amide bonds. The summed E-state index contributed by atoms with van der Waals surface area (Å²) in [6.45, 7) is 5.04. The third-order valence-corrected chi connectivity index (χ3v) is 10.4. The highest BCUT2D eigenvalue weighted by atomic mass is 32.2. The van der Waals surface area contributed by atoms with Crippen LogP contribution in [0.2, 0.25) is 0 Å². The van der Waals surface area contributed by atoms with E-state index in [1.807, 2.05) is 11.0 Å². The minimum atomic E-state index is -3.62. The predicted octanol–water partition coefficient (Wildman–Crippen LogP) is 3.17. The molecule has 0 saturated carbocycles. The van der Waals surface area contributed by atoms with Crippen molar-refractivity contribution >= 4 is 54.0 Å². The van der Waals surface area contributed by atoms with Gasteiger partial charge in [0.25, 0.3) is 10.0 Å². The average Bonchev–Trinajstić information content (AvgIpc) is 3.54. The zero-order chi connectivity index (χ0) is 21.6. The van der Waals surface area contributed by atoms with Crippen LogP contribution in [0.15, 0.2) is 39.9 Å². The topological polar surface area (TPSA) is 73.8 Å². The van der Waals surface area contributed by atoms with Crippen LogP contribution >= 0.6 is 22.7 Å². The standard InChI is InChI=1S/C21H24N4O3S3/c1-15-5-2-7-17-19(15)22-21(30-17)24-12-10-23(11-13-24)20(26)16-6-3-9-25(16)31(27,28)18-8-4-14-29-18/h2,4-5,7-8,14,16H,3,6,9-13H2,1H3/t16-/m1/s1. The minimum absolute atomic E-state index is 0.0718. The van der Waals surface area contributed by atoms with Gasteiger partial charge in [-0.1, -0.05) is 29.5 Å². The van der Waals surface area contributed by atoms with Crippen molar-refractivity contribution in [1.29, 1.82) is 0 Å². The van der Waals surface area contributed by atoms with Crippen molar-refractivity contribution in [3.63, 3.8) is 0 Å². The molecule has 164 valence electrons. The largest absolute Gasteiger partial charge is 0.345 e. The van der Waals surface area contributed by atoms with E-state index in [2.05, 4.69) is 24.0 Å². The lowest BCUT2D eigenvalue weighted by molar-refractivity contribution is -0.134. The number of thiophene rings is 1. The molecule has 10 heteroatoms. The average molecular weight is 477 g/mol. The van der Waals surface area contributed by atoms with Crippen LogP contribution in [0.4, 0.5) is 5.13 Å². The number of para-hydroxylation sites is 1. The number of sulfonamides is 1. The second-order valence-electron chi connectivity index (χ2n) is 7.94. The first-order chi connectivity index (χ1) is 14.9. The van der Waals surface area contributed by atoms with E-state index >= 15 is 0 Å². The van der Waals surface area contributed by atoms with Crippen LogP contribution in [-0.2, 0) is 14.8 Å². The molecule has 2 saturated heterocycles. The van der Waals surface area contributed by atoms with Gasteiger partial charge >= 0.3 is 0 Å². The molecule has 31 heavy (non-hydrogen) atoms. The molecule has 7 nitrogen and oxygen atoms in total. The number of carbonyl (C=O) groups excluding carboxylic acids is 1. The Morgan fingerprint density at radius 1 is 1.10 bits per heavy atom. The maximum Gasteiger partial charge on any atom is 0.253 e. The number of amides is 1. The summed E-state index contributed by atoms with van der Waals surface area (Å²) in [7, 11) is -3.62. The Morgan fingerprint density at radius 2 is 1.90 bits per heavy atom. The predicted molar refractivity (Wildman–Crippen MR) is 124 cm³/mol. The van der Waals surface area contributed by atoms with Gasteiger partial charge < -0.3 is 9.80 Å². The number of thiazole rings is 1. The monoisotopic (exact) mass is 476 g/mol. The molecule has 0 N–H and O–H groups in total. The van der Waals surface area contributed by atoms with E-state index in [1.165, 1.54) is 25.9 Å². The lowest BCUT2D eigenvalue weighted by Gasteiger charge is -2.37. The summed E-state index contributed by atoms with van der Waals surface area (Å²) in [4.78, 5) is 22.1. The van der Waals surface area contributed by atoms with Crippen LogP contribution in [0.3, 0.4) is 0 Å². The summed E-state index contributed by atoms with van der Waals surface area (Å²) >= 11 is 2.88. The molecule has 0 spiro atoms. The molecule has 0 unspecified atom stereocenters. The summed E-state index contributed by atoms with van der Waals surface area (Å²) in [6.07, 6.45) is 1.30. The fourth-order valence-corrected chi connectivity index (χ4v) is 8.20. The molecule has 1 atom stereocenters. The molecule has 2 aliphatic heterocycles. The molecule has 2 aliphatic rings. The zero-order valence-electron chi connectivity index (χ0n) is 17.2. The molecule has 0 radical (unpaired) electrons. The van der Waals surface area contributed by atoms with Gasteiger partial charge in [0, 0.05) is 32.7 Å². The fourth-order valence-electron chi connectivity index (χ4n) is 4.34. The number of hydrogen-bond donors (Lipinski definition) is 0. The van der Waals surface area contributed by atoms with Crippen LogP contribution < -0.4 is 4.90 Å². The Labute approximate surface area is 190 Å². The number of anilines is 1. The molecule has 2 aromatic heterocycles. The van der Waals surface area contributed by atoms with Crippen LogP contribution in [0, 0.1) is 6.92 Å². The first-order valence-corrected chi connectivity index (χ1v) is 13.5. The van der Waals surface area contributed by atoms with E-state index in [9.17, 15) is 13.2 Å². The maximum atomic E-state index is 13.2. The van der Waals surface area contributed by atoms with E-state index in [0.29, 0.717) is 49.8 Å². The third-order valence-electron chi connectivity index (χ3n) is 6.02. The molecule has 4 heterocycles. The Hall–Kier alpha value is -2.01. The number of aromatic nitrogens is 1. The van der Waals surface area contributed by atoms with Crippen molar-refractivity contribution in [3.05, 3.63) is 41.3 Å². The van der Waals surface area contributed by atoms with Gasteiger partial charge in [0.2, 0.25) is 5.91 Å². The fraction of sp³-hybridized carbons (Fsp3) is 0.429. The van der Waals surface area contributed by atoms with Crippen LogP contribution in [0.25, 0.3) is 10.2 Å². The lowest BCUT2D eigenvalue weighted by atomic mass is 10.2. The summed E-state index contributed by atoms with van der Waals surface area (Å²) < 4.78 is 28.9. The van der Waals surface area contributed by atoms with Gasteiger partial charge in [-0.25, -0.2) is 13.4 Å². The van der Waals surface area contributed by atoms with Gasteiger partial charge in [0.05, 0.1) is 10.2 Å². The molecule has 0 bridgehead atoms. The van der Waals surface area contributed by atoms with Crippen LogP contribution in [-0.4, -0.2) is 67.3 Å². The minimum Gasteiger partial charge on any atom is -0.345 e. The van der Waals surface area contributed by atoms with Gasteiger partial charge in [-0.3, -0.25) is 4.79 Å². The van der Waals surface area contributed by atoms with Gasteiger partial charge in [-0.15, -0.1) is 11.3 Å². The van der Waals surface area contributed by atoms with Crippen LogP contribution in [0.5, 0.6) is 0 Å². The highest BCUT2D eigenvalue weighted by molar-refractivity contribution is 7.91. The molecule has 1 aromatic carbocycles. The van der Waals surface area contributed by atoms with Crippen LogP contribution in [0.1, 0.15) is 18.4 Å². The van der Waals surface area contributed by atoms with E-state index in [1.54, 1.807) is 28.8 Å². The number of benzene rings is 1. The summed E-state index contributed by atoms with van der Waals surface area (Å²) in [5, 5.41) is 2.74. The van der Waals surface area contributed by atoms with Gasteiger partial charge in [0.1, 0.15) is 10.3 Å². The van der Waals surface area contributed by atoms with Crippen molar-refractivity contribution in [1.82, 2.24) is 14.2 Å². The first kappa shape index (κ1) is 20.9. The lowest BCUT2D eigenvalue weighted by Crippen LogP contribution is -2.54. The quantitative estimate of drug-likeness (QED) is 0.578. The molecular formula is C21H24N4O3S3. The third kappa shape index (κ3) is 3.75. The van der Waals surface area contributed by atoms with Crippen molar-refractivity contribution in [2.24, 2.45) is 0 Å². The van der Waals surface area contributed by atoms with Gasteiger partial charge in [0.15, 0.2) is 5.13 Å². The number of aryl methyl sites for hydroxylation is 1. The van der Waals surface area contributed by atoms with Gasteiger partial charge in [-0.05, 0) is 42.8 Å². The number of nitrogens with zero attached hydrogens (tertiary/aromatic N) is 4. The first-order valence-electron chi connectivity index (χ1n) is 10.4. The second kappa shape index (κ2) is 8.16. The highest BCUT2D eigenvalue weighted by Crippen LogP contribution is 2.32. The van der Waals surface area contributed by atoms with E-state index < -0.39 is 16.1 Å². The van der Waals surface area contributed by atoms with Gasteiger partial charge in [-0.2, -0.15) is 4.31 Å². The second-order valence-corrected chi connectivity index (χ2v) is 12.0. The molecule has 2 fully saturated rings. The molecule has 3 aromatic rings. The Kier molecular flexibility index (Phi) is 5.49. The molecule has 0 aliphatic carbocycles. The zero-order valence-corrected chi connectivity index (χ0v) is 19.7. The summed E-state index contributed by atoms with van der Waals surface area (Å²) in [5.41, 5.74) is 2.21. The normalized spacial score (nSPS) is 20.6. The Morgan fingerprint density at radius 3 is 2.61 bits per heavy atom. The van der Waals surface area contributed by atoms with Crippen molar-refractivity contribution in [2.75, 3.05) is 37.6 Å². The number of rotatable bonds is 4. The van der Waals surface area contributed by atoms with E-state index in [-0.39, 0.29) is 5.91 Å². The van der Waals surface area contributed by atoms with Crippen molar-refractivity contribution < 1.29 is 13.2 Å².